The molecule has 1 atom stereocenters. The Balaban J connectivity index is 2.88. The Labute approximate surface area is 141 Å². The first-order chi connectivity index (χ1) is 10.8. The summed E-state index contributed by atoms with van der Waals surface area (Å²) in [5, 5.41) is 28.8. The van der Waals surface area contributed by atoms with Gasteiger partial charge in [0.2, 0.25) is 0 Å². The molecule has 0 spiro atoms. The molecule has 0 aliphatic heterocycles. The van der Waals surface area contributed by atoms with E-state index in [1.54, 1.807) is 26.8 Å². The van der Waals surface area contributed by atoms with Crippen LogP contribution in [0, 0.1) is 5.41 Å². The van der Waals surface area contributed by atoms with Crippen molar-refractivity contribution in [1.29, 1.82) is 0 Å². The van der Waals surface area contributed by atoms with Crippen molar-refractivity contribution in [2.75, 3.05) is 6.61 Å². The average molecular weight is 339 g/mol. The fourth-order valence-corrected chi connectivity index (χ4v) is 2.00. The molecule has 0 aromatic heterocycles. The zero-order chi connectivity index (χ0) is 18.7. The Morgan fingerprint density at radius 3 is 2.25 bits per heavy atom. The van der Waals surface area contributed by atoms with Crippen molar-refractivity contribution in [1.82, 2.24) is 0 Å². The van der Waals surface area contributed by atoms with Crippen LogP contribution in [0.15, 0.2) is 12.1 Å². The molecule has 134 valence electrons. The maximum absolute atomic E-state index is 11.7. The molecule has 0 heterocycles. The van der Waals surface area contributed by atoms with E-state index in [-0.39, 0.29) is 36.9 Å². The van der Waals surface area contributed by atoms with Crippen molar-refractivity contribution < 1.29 is 29.6 Å². The minimum atomic E-state index is -1.50. The highest BCUT2D eigenvalue weighted by Crippen LogP contribution is 2.32. The molecule has 1 rings (SSSR count). The molecular formula is C17H25NO6. The second-order valence-corrected chi connectivity index (χ2v) is 7.16. The lowest BCUT2D eigenvalue weighted by Gasteiger charge is -2.20. The lowest BCUT2D eigenvalue weighted by molar-refractivity contribution is -0.152. The fourth-order valence-electron chi connectivity index (χ4n) is 2.00. The van der Waals surface area contributed by atoms with Gasteiger partial charge in [0.05, 0.1) is 12.0 Å². The molecule has 0 bridgehead atoms. The van der Waals surface area contributed by atoms with Gasteiger partial charge in [-0.1, -0.05) is 6.07 Å². The van der Waals surface area contributed by atoms with E-state index in [1.807, 2.05) is 0 Å². The van der Waals surface area contributed by atoms with Gasteiger partial charge >= 0.3 is 11.9 Å². The highest BCUT2D eigenvalue weighted by Gasteiger charge is 2.29. The zero-order valence-electron chi connectivity index (χ0n) is 14.4. The van der Waals surface area contributed by atoms with Gasteiger partial charge in [-0.15, -0.1) is 0 Å². The van der Waals surface area contributed by atoms with E-state index in [9.17, 15) is 19.8 Å². The molecule has 0 aliphatic carbocycles. The number of rotatable bonds is 6. The first-order valence-electron chi connectivity index (χ1n) is 7.58. The van der Waals surface area contributed by atoms with Crippen LogP contribution in [0.5, 0.6) is 11.5 Å². The second kappa shape index (κ2) is 7.09. The maximum atomic E-state index is 11.7. The number of carbonyl (C=O) groups excluding carboxylic acids is 1. The van der Waals surface area contributed by atoms with E-state index in [4.69, 9.17) is 15.6 Å². The molecule has 5 N–H and O–H groups in total. The molecule has 24 heavy (non-hydrogen) atoms. The third-order valence-electron chi connectivity index (χ3n) is 3.51. The predicted octanol–water partition coefficient (Wildman–Crippen LogP) is 1.57. The van der Waals surface area contributed by atoms with Crippen LogP contribution in [-0.4, -0.2) is 39.4 Å². The summed E-state index contributed by atoms with van der Waals surface area (Å²) < 4.78 is 5.13. The Kier molecular flexibility index (Phi) is 5.84. The van der Waals surface area contributed by atoms with Gasteiger partial charge in [-0.25, -0.2) is 0 Å². The predicted molar refractivity (Wildman–Crippen MR) is 87.8 cm³/mol. The molecule has 0 saturated carbocycles. The standard InChI is InChI=1S/C17H25NO6/c1-16(2,3)15(23)24-6-5-11-7-10(8-12(19)13(11)20)9-17(4,18)14(21)22/h7-8,19-20H,5-6,9,18H2,1-4H3,(H,21,22)/t17-/m0/s1. The van der Waals surface area contributed by atoms with Crippen LogP contribution in [0.25, 0.3) is 0 Å². The molecule has 1 aromatic rings. The summed E-state index contributed by atoms with van der Waals surface area (Å²) in [7, 11) is 0. The third kappa shape index (κ3) is 5.13. The molecule has 0 radical (unpaired) electrons. The molecule has 0 unspecified atom stereocenters. The van der Waals surface area contributed by atoms with Crippen molar-refractivity contribution in [3.63, 3.8) is 0 Å². The molecule has 0 fully saturated rings. The lowest BCUT2D eigenvalue weighted by Crippen LogP contribution is -2.46. The first-order valence-corrected chi connectivity index (χ1v) is 7.58. The van der Waals surface area contributed by atoms with Gasteiger partial charge in [0.1, 0.15) is 5.54 Å². The highest BCUT2D eigenvalue weighted by molar-refractivity contribution is 5.78. The molecule has 1 aromatic carbocycles. The van der Waals surface area contributed by atoms with Crippen LogP contribution in [0.1, 0.15) is 38.8 Å². The number of nitrogens with two attached hydrogens (primary N) is 1. The molecule has 0 aliphatic rings. The van der Waals surface area contributed by atoms with E-state index in [1.165, 1.54) is 13.0 Å². The number of carboxylic acid groups (broad SMARTS) is 1. The summed E-state index contributed by atoms with van der Waals surface area (Å²) in [6.45, 7) is 6.59. The molecule has 0 amide bonds. The maximum Gasteiger partial charge on any atom is 0.323 e. The second-order valence-electron chi connectivity index (χ2n) is 7.16. The quantitative estimate of drug-likeness (QED) is 0.457. The number of phenolic OH excluding ortho intramolecular Hbond substituents is 2. The monoisotopic (exact) mass is 339 g/mol. The van der Waals surface area contributed by atoms with E-state index < -0.39 is 16.9 Å². The van der Waals surface area contributed by atoms with Gasteiger partial charge in [0.25, 0.3) is 0 Å². The van der Waals surface area contributed by atoms with Crippen molar-refractivity contribution in [2.24, 2.45) is 11.1 Å². The number of carbonyl (C=O) groups is 2. The van der Waals surface area contributed by atoms with Gasteiger partial charge in [0, 0.05) is 18.4 Å². The Hall–Kier alpha value is -2.28. The van der Waals surface area contributed by atoms with Gasteiger partial charge < -0.3 is 25.8 Å². The normalized spacial score (nSPS) is 14.0. The van der Waals surface area contributed by atoms with Crippen LogP contribution >= 0.6 is 0 Å². The lowest BCUT2D eigenvalue weighted by atomic mass is 9.92. The first kappa shape index (κ1) is 19.8. The number of benzene rings is 1. The molecular weight excluding hydrogens is 314 g/mol. The average Bonchev–Trinajstić information content (AvgIpc) is 2.42. The van der Waals surface area contributed by atoms with Gasteiger partial charge in [-0.2, -0.15) is 0 Å². The summed E-state index contributed by atoms with van der Waals surface area (Å²) in [4.78, 5) is 22.8. The number of aliphatic carboxylic acids is 1. The largest absolute Gasteiger partial charge is 0.504 e. The van der Waals surface area contributed by atoms with Crippen molar-refractivity contribution in [3.8, 4) is 11.5 Å². The van der Waals surface area contributed by atoms with Crippen LogP contribution in [0.3, 0.4) is 0 Å². The SMILES string of the molecule is CC(C)(C)C(=O)OCCc1cc(C[C@](C)(N)C(=O)O)cc(O)c1O. The van der Waals surface area contributed by atoms with E-state index in [0.717, 1.165) is 0 Å². The number of hydrogen-bond donors (Lipinski definition) is 4. The summed E-state index contributed by atoms with van der Waals surface area (Å²) in [5.74, 6) is -2.23. The number of carboxylic acids is 1. The van der Waals surface area contributed by atoms with E-state index in [0.29, 0.717) is 11.1 Å². The molecule has 7 nitrogen and oxygen atoms in total. The molecule has 0 saturated heterocycles. The summed E-state index contributed by atoms with van der Waals surface area (Å²) in [6, 6.07) is 2.82. The van der Waals surface area contributed by atoms with Crippen molar-refractivity contribution in [3.05, 3.63) is 23.3 Å². The highest BCUT2D eigenvalue weighted by atomic mass is 16.5. The minimum Gasteiger partial charge on any atom is -0.504 e. The van der Waals surface area contributed by atoms with Crippen LogP contribution in [-0.2, 0) is 27.2 Å². The summed E-state index contributed by atoms with van der Waals surface area (Å²) in [6.07, 6.45) is 0.161. The Morgan fingerprint density at radius 1 is 1.17 bits per heavy atom. The topological polar surface area (TPSA) is 130 Å². The minimum absolute atomic E-state index is 0.0229. The summed E-state index contributed by atoms with van der Waals surface area (Å²) in [5.41, 5.74) is 4.40. The number of hydrogen-bond acceptors (Lipinski definition) is 6. The van der Waals surface area contributed by atoms with Crippen LogP contribution in [0.4, 0.5) is 0 Å². The van der Waals surface area contributed by atoms with Gasteiger partial charge in [-0.05, 0) is 39.3 Å². The van der Waals surface area contributed by atoms with Gasteiger partial charge in [-0.3, -0.25) is 9.59 Å². The zero-order valence-corrected chi connectivity index (χ0v) is 14.4. The smallest absolute Gasteiger partial charge is 0.323 e. The summed E-state index contributed by atoms with van der Waals surface area (Å²) >= 11 is 0. The van der Waals surface area contributed by atoms with Crippen LogP contribution < -0.4 is 5.73 Å². The number of phenols is 2. The number of aromatic hydroxyl groups is 2. The van der Waals surface area contributed by atoms with Crippen LogP contribution in [0.2, 0.25) is 0 Å². The number of ether oxygens (including phenoxy) is 1. The Bertz CT molecular complexity index is 631. The fraction of sp³-hybridized carbons (Fsp3) is 0.529. The van der Waals surface area contributed by atoms with Crippen molar-refractivity contribution >= 4 is 11.9 Å². The molecule has 7 heteroatoms. The van der Waals surface area contributed by atoms with E-state index in [2.05, 4.69) is 0 Å². The third-order valence-corrected chi connectivity index (χ3v) is 3.51. The van der Waals surface area contributed by atoms with Gasteiger partial charge in [0.15, 0.2) is 11.5 Å². The number of esters is 1. The van der Waals surface area contributed by atoms with Crippen molar-refractivity contribution in [2.45, 2.75) is 46.1 Å². The Morgan fingerprint density at radius 2 is 1.75 bits per heavy atom. The van der Waals surface area contributed by atoms with E-state index >= 15 is 0 Å².